The minimum Gasteiger partial charge on any atom is -0.379 e. The fraction of sp³-hybridized carbons (Fsp3) is 0.111. The SMILES string of the molecule is Cc1ccc(F)c(NCc2ccc3ccccc3c2)c1. The number of rotatable bonds is 3. The predicted octanol–water partition coefficient (Wildman–Crippen LogP) is 4.90. The van der Waals surface area contributed by atoms with Crippen LogP contribution in [-0.2, 0) is 6.54 Å². The van der Waals surface area contributed by atoms with Crippen molar-refractivity contribution in [3.8, 4) is 0 Å². The minimum absolute atomic E-state index is 0.212. The van der Waals surface area contributed by atoms with Crippen LogP contribution in [0.15, 0.2) is 60.7 Å². The molecule has 0 radical (unpaired) electrons. The van der Waals surface area contributed by atoms with E-state index in [1.807, 2.05) is 25.1 Å². The van der Waals surface area contributed by atoms with Gasteiger partial charge in [0.2, 0.25) is 0 Å². The summed E-state index contributed by atoms with van der Waals surface area (Å²) in [6.07, 6.45) is 0. The van der Waals surface area contributed by atoms with Crippen molar-refractivity contribution in [1.82, 2.24) is 0 Å². The second kappa shape index (κ2) is 5.33. The number of aryl methyl sites for hydroxylation is 1. The van der Waals surface area contributed by atoms with Gasteiger partial charge < -0.3 is 5.32 Å². The summed E-state index contributed by atoms with van der Waals surface area (Å²) in [5.74, 6) is -0.212. The van der Waals surface area contributed by atoms with E-state index in [0.717, 1.165) is 11.1 Å². The van der Waals surface area contributed by atoms with E-state index in [2.05, 4.69) is 35.6 Å². The second-order valence-corrected chi connectivity index (χ2v) is 5.02. The number of nitrogens with one attached hydrogen (secondary N) is 1. The van der Waals surface area contributed by atoms with Crippen LogP contribution >= 0.6 is 0 Å². The van der Waals surface area contributed by atoms with Gasteiger partial charge in [-0.15, -0.1) is 0 Å². The van der Waals surface area contributed by atoms with Crippen molar-refractivity contribution in [2.24, 2.45) is 0 Å². The van der Waals surface area contributed by atoms with Crippen LogP contribution in [-0.4, -0.2) is 0 Å². The van der Waals surface area contributed by atoms with Gasteiger partial charge in [0, 0.05) is 6.54 Å². The maximum atomic E-state index is 13.7. The van der Waals surface area contributed by atoms with Gasteiger partial charge in [0.25, 0.3) is 0 Å². The fourth-order valence-electron chi connectivity index (χ4n) is 2.32. The third kappa shape index (κ3) is 2.64. The topological polar surface area (TPSA) is 12.0 Å². The molecule has 0 amide bonds. The summed E-state index contributed by atoms with van der Waals surface area (Å²) in [5, 5.41) is 5.59. The highest BCUT2D eigenvalue weighted by Crippen LogP contribution is 2.19. The molecule has 3 aromatic carbocycles. The van der Waals surface area contributed by atoms with Crippen molar-refractivity contribution < 1.29 is 4.39 Å². The lowest BCUT2D eigenvalue weighted by Gasteiger charge is -2.09. The van der Waals surface area contributed by atoms with Crippen molar-refractivity contribution in [1.29, 1.82) is 0 Å². The number of anilines is 1. The van der Waals surface area contributed by atoms with E-state index in [1.54, 1.807) is 6.07 Å². The Morgan fingerprint density at radius 2 is 1.70 bits per heavy atom. The highest BCUT2D eigenvalue weighted by atomic mass is 19.1. The molecule has 100 valence electrons. The van der Waals surface area contributed by atoms with E-state index in [1.165, 1.54) is 16.8 Å². The number of benzene rings is 3. The van der Waals surface area contributed by atoms with Crippen LogP contribution in [0.1, 0.15) is 11.1 Å². The summed E-state index contributed by atoms with van der Waals surface area (Å²) >= 11 is 0. The molecular formula is C18H16FN. The highest BCUT2D eigenvalue weighted by molar-refractivity contribution is 5.83. The van der Waals surface area contributed by atoms with E-state index in [4.69, 9.17) is 0 Å². The Morgan fingerprint density at radius 1 is 0.900 bits per heavy atom. The van der Waals surface area contributed by atoms with Crippen molar-refractivity contribution >= 4 is 16.5 Å². The molecule has 0 unspecified atom stereocenters. The summed E-state index contributed by atoms with van der Waals surface area (Å²) in [6.45, 7) is 2.58. The van der Waals surface area contributed by atoms with Gasteiger partial charge in [-0.25, -0.2) is 4.39 Å². The van der Waals surface area contributed by atoms with Crippen LogP contribution in [0.5, 0.6) is 0 Å². The van der Waals surface area contributed by atoms with E-state index < -0.39 is 0 Å². The lowest BCUT2D eigenvalue weighted by Crippen LogP contribution is -2.01. The molecule has 0 atom stereocenters. The van der Waals surface area contributed by atoms with Gasteiger partial charge >= 0.3 is 0 Å². The Labute approximate surface area is 118 Å². The largest absolute Gasteiger partial charge is 0.379 e. The first-order chi connectivity index (χ1) is 9.72. The van der Waals surface area contributed by atoms with Crippen LogP contribution in [0.3, 0.4) is 0 Å². The molecule has 1 nitrogen and oxygen atoms in total. The summed E-state index contributed by atoms with van der Waals surface area (Å²) in [4.78, 5) is 0. The molecular weight excluding hydrogens is 249 g/mol. The van der Waals surface area contributed by atoms with Crippen molar-refractivity contribution in [3.05, 3.63) is 77.6 Å². The minimum atomic E-state index is -0.212. The smallest absolute Gasteiger partial charge is 0.146 e. The van der Waals surface area contributed by atoms with Crippen LogP contribution in [0, 0.1) is 12.7 Å². The Kier molecular flexibility index (Phi) is 3.38. The van der Waals surface area contributed by atoms with E-state index >= 15 is 0 Å². The fourth-order valence-corrected chi connectivity index (χ4v) is 2.32. The monoisotopic (exact) mass is 265 g/mol. The average molecular weight is 265 g/mol. The van der Waals surface area contributed by atoms with E-state index in [0.29, 0.717) is 12.2 Å². The van der Waals surface area contributed by atoms with Crippen molar-refractivity contribution in [2.45, 2.75) is 13.5 Å². The third-order valence-electron chi connectivity index (χ3n) is 3.42. The number of hydrogen-bond acceptors (Lipinski definition) is 1. The van der Waals surface area contributed by atoms with Gasteiger partial charge in [0.1, 0.15) is 5.82 Å². The molecule has 0 fully saturated rings. The Morgan fingerprint density at radius 3 is 2.55 bits per heavy atom. The molecule has 0 aliphatic heterocycles. The summed E-state index contributed by atoms with van der Waals surface area (Å²) in [6, 6.07) is 19.6. The van der Waals surface area contributed by atoms with Crippen LogP contribution in [0.4, 0.5) is 10.1 Å². The standard InChI is InChI=1S/C18H16FN/c1-13-6-9-17(19)18(10-13)20-12-14-7-8-15-4-2-3-5-16(15)11-14/h2-11,20H,12H2,1H3. The molecule has 0 saturated heterocycles. The van der Waals surface area contributed by atoms with Crippen molar-refractivity contribution in [3.63, 3.8) is 0 Å². The average Bonchev–Trinajstić information content (AvgIpc) is 2.48. The zero-order valence-corrected chi connectivity index (χ0v) is 11.4. The molecule has 0 aliphatic carbocycles. The number of hydrogen-bond donors (Lipinski definition) is 1. The van der Waals surface area contributed by atoms with Crippen molar-refractivity contribution in [2.75, 3.05) is 5.32 Å². The molecule has 0 aliphatic rings. The second-order valence-electron chi connectivity index (χ2n) is 5.02. The van der Waals surface area contributed by atoms with Gasteiger partial charge in [-0.3, -0.25) is 0 Å². The normalized spacial score (nSPS) is 10.7. The van der Waals surface area contributed by atoms with Crippen LogP contribution in [0.25, 0.3) is 10.8 Å². The zero-order valence-electron chi connectivity index (χ0n) is 11.4. The van der Waals surface area contributed by atoms with Crippen LogP contribution in [0.2, 0.25) is 0 Å². The quantitative estimate of drug-likeness (QED) is 0.710. The molecule has 20 heavy (non-hydrogen) atoms. The third-order valence-corrected chi connectivity index (χ3v) is 3.42. The molecule has 3 rings (SSSR count). The molecule has 0 bridgehead atoms. The number of halogens is 1. The Hall–Kier alpha value is -2.35. The van der Waals surface area contributed by atoms with Crippen LogP contribution < -0.4 is 5.32 Å². The maximum absolute atomic E-state index is 13.7. The summed E-state index contributed by atoms with van der Waals surface area (Å²) in [7, 11) is 0. The Balaban J connectivity index is 1.81. The lowest BCUT2D eigenvalue weighted by molar-refractivity contribution is 0.629. The van der Waals surface area contributed by atoms with E-state index in [-0.39, 0.29) is 5.82 Å². The van der Waals surface area contributed by atoms with Gasteiger partial charge in [0.05, 0.1) is 5.69 Å². The van der Waals surface area contributed by atoms with Gasteiger partial charge in [-0.05, 0) is 47.0 Å². The first-order valence-corrected chi connectivity index (χ1v) is 6.70. The lowest BCUT2D eigenvalue weighted by atomic mass is 10.1. The first-order valence-electron chi connectivity index (χ1n) is 6.70. The predicted molar refractivity (Wildman–Crippen MR) is 82.4 cm³/mol. The van der Waals surface area contributed by atoms with Gasteiger partial charge in [0.15, 0.2) is 0 Å². The molecule has 2 heteroatoms. The summed E-state index contributed by atoms with van der Waals surface area (Å²) < 4.78 is 13.7. The van der Waals surface area contributed by atoms with Gasteiger partial charge in [-0.1, -0.05) is 42.5 Å². The highest BCUT2D eigenvalue weighted by Gasteiger charge is 2.02. The molecule has 0 saturated carbocycles. The molecule has 0 heterocycles. The zero-order chi connectivity index (χ0) is 13.9. The molecule has 0 aromatic heterocycles. The number of fused-ring (bicyclic) bond motifs is 1. The van der Waals surface area contributed by atoms with Gasteiger partial charge in [-0.2, -0.15) is 0 Å². The first kappa shape index (κ1) is 12.7. The molecule has 3 aromatic rings. The molecule has 1 N–H and O–H groups in total. The summed E-state index contributed by atoms with van der Waals surface area (Å²) in [5.41, 5.74) is 2.75. The van der Waals surface area contributed by atoms with E-state index in [9.17, 15) is 4.39 Å². The molecule has 0 spiro atoms. The Bertz CT molecular complexity index is 749. The maximum Gasteiger partial charge on any atom is 0.146 e.